The van der Waals surface area contributed by atoms with Crippen molar-refractivity contribution in [1.82, 2.24) is 5.32 Å². The lowest BCUT2D eigenvalue weighted by Gasteiger charge is -2.56. The van der Waals surface area contributed by atoms with Gasteiger partial charge in [0.05, 0.1) is 6.57 Å². The van der Waals surface area contributed by atoms with Gasteiger partial charge in [0.15, 0.2) is 5.69 Å². The van der Waals surface area contributed by atoms with Crippen LogP contribution in [0.2, 0.25) is 0 Å². The molecule has 0 unspecified atom stereocenters. The highest BCUT2D eigenvalue weighted by Crippen LogP contribution is 2.55. The number of phenols is 1. The van der Waals surface area contributed by atoms with E-state index in [4.69, 9.17) is 6.57 Å². The highest BCUT2D eigenvalue weighted by atomic mass is 16.3. The summed E-state index contributed by atoms with van der Waals surface area (Å²) in [6, 6.07) is 12.4. The van der Waals surface area contributed by atoms with Gasteiger partial charge in [-0.2, -0.15) is 0 Å². The van der Waals surface area contributed by atoms with Gasteiger partial charge in [-0.1, -0.05) is 31.0 Å². The maximum absolute atomic E-state index is 10.9. The second-order valence-electron chi connectivity index (χ2n) is 8.21. The number of nitrogens with one attached hydrogen (secondary N) is 1. The monoisotopic (exact) mass is 344 g/mol. The summed E-state index contributed by atoms with van der Waals surface area (Å²) in [6.45, 7) is 8.34. The highest BCUT2D eigenvalue weighted by molar-refractivity contribution is 5.75. The van der Waals surface area contributed by atoms with Gasteiger partial charge in [0.1, 0.15) is 5.75 Å². The number of fused-ring (bicyclic) bond motifs is 1. The first-order valence-corrected chi connectivity index (χ1v) is 9.79. The van der Waals surface area contributed by atoms with E-state index in [1.807, 2.05) is 24.3 Å². The summed E-state index contributed by atoms with van der Waals surface area (Å²) in [7, 11) is 0. The average Bonchev–Trinajstić information content (AvgIpc) is 2.68. The second-order valence-corrected chi connectivity index (χ2v) is 8.21. The van der Waals surface area contributed by atoms with Gasteiger partial charge in [-0.25, -0.2) is 4.85 Å². The van der Waals surface area contributed by atoms with Gasteiger partial charge in [0, 0.05) is 17.0 Å². The lowest BCUT2D eigenvalue weighted by atomic mass is 9.52. The van der Waals surface area contributed by atoms with E-state index in [-0.39, 0.29) is 5.41 Å². The lowest BCUT2D eigenvalue weighted by Crippen LogP contribution is -2.59. The van der Waals surface area contributed by atoms with Gasteiger partial charge < -0.3 is 10.4 Å². The van der Waals surface area contributed by atoms with Crippen LogP contribution in [0.4, 0.5) is 5.69 Å². The first-order valence-electron chi connectivity index (χ1n) is 9.79. The molecular weight excluding hydrogens is 320 g/mol. The summed E-state index contributed by atoms with van der Waals surface area (Å²) in [6.07, 6.45) is 7.46. The topological polar surface area (TPSA) is 36.6 Å². The van der Waals surface area contributed by atoms with E-state index in [0.717, 1.165) is 24.1 Å². The molecule has 2 aliphatic carbocycles. The van der Waals surface area contributed by atoms with E-state index in [1.54, 1.807) is 0 Å². The standard InChI is InChI=1S/C23H24N2O/c1-24-17-6-4-5-15(11-17)18-12-16-13-21-19-7-2-3-8-23(19,9-10-25-21)20(16)14-22(18)26/h4-6,11-12,14,19,21,25-26H,2-3,7-10,13H2/t19-,21+,23+/m1/s1. The van der Waals surface area contributed by atoms with E-state index in [0.29, 0.717) is 23.4 Å². The Labute approximate surface area is 154 Å². The molecule has 2 N–H and O–H groups in total. The van der Waals surface area contributed by atoms with Crippen LogP contribution < -0.4 is 5.32 Å². The predicted molar refractivity (Wildman–Crippen MR) is 104 cm³/mol. The molecule has 0 amide bonds. The molecule has 26 heavy (non-hydrogen) atoms. The van der Waals surface area contributed by atoms with Crippen LogP contribution in [0.25, 0.3) is 16.0 Å². The van der Waals surface area contributed by atoms with Crippen molar-refractivity contribution in [3.8, 4) is 16.9 Å². The van der Waals surface area contributed by atoms with Crippen molar-refractivity contribution in [2.75, 3.05) is 6.54 Å². The molecule has 1 aliphatic heterocycles. The van der Waals surface area contributed by atoms with Crippen molar-refractivity contribution in [3.05, 3.63) is 58.9 Å². The fraction of sp³-hybridized carbons (Fsp3) is 0.435. The zero-order valence-corrected chi connectivity index (χ0v) is 15.0. The smallest absolute Gasteiger partial charge is 0.187 e. The molecule has 2 fully saturated rings. The molecule has 2 aromatic rings. The number of piperidine rings is 1. The zero-order chi connectivity index (χ0) is 17.7. The van der Waals surface area contributed by atoms with E-state index >= 15 is 0 Å². The predicted octanol–water partition coefficient (Wildman–Crippen LogP) is 4.96. The van der Waals surface area contributed by atoms with Gasteiger partial charge in [0.25, 0.3) is 0 Å². The summed E-state index contributed by atoms with van der Waals surface area (Å²) < 4.78 is 0. The normalized spacial score (nSPS) is 29.3. The minimum absolute atomic E-state index is 0.260. The fourth-order valence-corrected chi connectivity index (χ4v) is 5.95. The molecule has 0 aromatic heterocycles. The minimum Gasteiger partial charge on any atom is -0.507 e. The Bertz CT molecular complexity index is 909. The van der Waals surface area contributed by atoms with Gasteiger partial charge >= 0.3 is 0 Å². The fourth-order valence-electron chi connectivity index (χ4n) is 5.95. The third-order valence-corrected chi connectivity index (χ3v) is 7.05. The van der Waals surface area contributed by atoms with Gasteiger partial charge in [0.2, 0.25) is 0 Å². The highest BCUT2D eigenvalue weighted by Gasteiger charge is 2.51. The molecule has 2 bridgehead atoms. The van der Waals surface area contributed by atoms with Gasteiger partial charge in [-0.05, 0) is 73.0 Å². The molecule has 3 heteroatoms. The number of nitrogens with zero attached hydrogens (tertiary/aromatic N) is 1. The molecule has 2 aromatic carbocycles. The maximum atomic E-state index is 10.9. The molecule has 3 aliphatic rings. The van der Waals surface area contributed by atoms with Crippen molar-refractivity contribution in [2.24, 2.45) is 5.92 Å². The van der Waals surface area contributed by atoms with E-state index < -0.39 is 0 Å². The number of benzene rings is 2. The largest absolute Gasteiger partial charge is 0.507 e. The quantitative estimate of drug-likeness (QED) is 0.718. The Morgan fingerprint density at radius 3 is 2.96 bits per heavy atom. The number of hydrogen-bond donors (Lipinski definition) is 2. The van der Waals surface area contributed by atoms with Crippen LogP contribution in [0, 0.1) is 12.5 Å². The van der Waals surface area contributed by atoms with Crippen molar-refractivity contribution in [1.29, 1.82) is 0 Å². The molecule has 132 valence electrons. The molecular formula is C23H24N2O. The molecule has 3 atom stereocenters. The van der Waals surface area contributed by atoms with E-state index in [9.17, 15) is 5.11 Å². The van der Waals surface area contributed by atoms with Crippen molar-refractivity contribution in [2.45, 2.75) is 50.0 Å². The van der Waals surface area contributed by atoms with Crippen molar-refractivity contribution >= 4 is 5.69 Å². The molecule has 0 radical (unpaired) electrons. The SMILES string of the molecule is [C-]#[N+]c1cccc(-c2cc3c(cc2O)[C@]24CCCC[C@@H]2[C@H](C3)NCC4)c1. The van der Waals surface area contributed by atoms with Crippen LogP contribution in [-0.2, 0) is 11.8 Å². The average molecular weight is 344 g/mol. The zero-order valence-electron chi connectivity index (χ0n) is 15.0. The summed E-state index contributed by atoms with van der Waals surface area (Å²) in [5.74, 6) is 1.08. The molecule has 1 saturated heterocycles. The number of hydrogen-bond acceptors (Lipinski definition) is 2. The number of aromatic hydroxyl groups is 1. The van der Waals surface area contributed by atoms with Crippen LogP contribution in [-0.4, -0.2) is 17.7 Å². The Morgan fingerprint density at radius 1 is 1.15 bits per heavy atom. The molecule has 0 spiro atoms. The number of rotatable bonds is 1. The van der Waals surface area contributed by atoms with Crippen LogP contribution in [0.5, 0.6) is 5.75 Å². The summed E-state index contributed by atoms with van der Waals surface area (Å²) in [5, 5.41) is 14.6. The Morgan fingerprint density at radius 2 is 2.08 bits per heavy atom. The van der Waals surface area contributed by atoms with Crippen LogP contribution in [0.15, 0.2) is 36.4 Å². The maximum Gasteiger partial charge on any atom is 0.187 e. The Hall–Kier alpha value is -2.31. The Kier molecular flexibility index (Phi) is 3.58. The van der Waals surface area contributed by atoms with Crippen LogP contribution >= 0.6 is 0 Å². The minimum atomic E-state index is 0.260. The summed E-state index contributed by atoms with van der Waals surface area (Å²) >= 11 is 0. The lowest BCUT2D eigenvalue weighted by molar-refractivity contribution is 0.0796. The third-order valence-electron chi connectivity index (χ3n) is 7.05. The summed E-state index contributed by atoms with van der Waals surface area (Å²) in [4.78, 5) is 3.53. The molecule has 1 heterocycles. The number of phenolic OH excluding ortho intramolecular Hbond substituents is 1. The first kappa shape index (κ1) is 15.9. The Balaban J connectivity index is 1.66. The van der Waals surface area contributed by atoms with Crippen molar-refractivity contribution in [3.63, 3.8) is 0 Å². The van der Waals surface area contributed by atoms with Crippen molar-refractivity contribution < 1.29 is 5.11 Å². The third kappa shape index (κ3) is 2.22. The van der Waals surface area contributed by atoms with Crippen LogP contribution in [0.3, 0.4) is 0 Å². The molecule has 3 nitrogen and oxygen atoms in total. The van der Waals surface area contributed by atoms with Gasteiger partial charge in [-0.15, -0.1) is 0 Å². The summed E-state index contributed by atoms with van der Waals surface area (Å²) in [5.41, 5.74) is 5.46. The van der Waals surface area contributed by atoms with Gasteiger partial charge in [-0.3, -0.25) is 0 Å². The van der Waals surface area contributed by atoms with E-state index in [1.165, 1.54) is 43.2 Å². The van der Waals surface area contributed by atoms with E-state index in [2.05, 4.69) is 22.3 Å². The second kappa shape index (κ2) is 5.86. The molecule has 5 rings (SSSR count). The first-order chi connectivity index (χ1) is 12.7. The molecule has 1 saturated carbocycles. The van der Waals surface area contributed by atoms with Crippen LogP contribution in [0.1, 0.15) is 43.2 Å².